The number of rotatable bonds is 2. The van der Waals surface area contributed by atoms with Crippen LogP contribution in [0.3, 0.4) is 0 Å². The number of morpholine rings is 1. The fraction of sp³-hybridized carbons (Fsp3) is 0.867. The van der Waals surface area contributed by atoms with E-state index in [2.05, 4.69) is 6.58 Å². The Kier molecular flexibility index (Phi) is 6.47. The van der Waals surface area contributed by atoms with Gasteiger partial charge in [0, 0.05) is 6.42 Å². The van der Waals surface area contributed by atoms with Crippen LogP contribution in [0.5, 0.6) is 0 Å². The van der Waals surface area contributed by atoms with Gasteiger partial charge < -0.3 is 9.84 Å². The molecule has 1 N–H and O–H groups in total. The summed E-state index contributed by atoms with van der Waals surface area (Å²) in [4.78, 5) is 5.75. The van der Waals surface area contributed by atoms with E-state index in [9.17, 15) is 5.11 Å². The molecule has 1 heterocycles. The van der Waals surface area contributed by atoms with Gasteiger partial charge in [0.25, 0.3) is 0 Å². The van der Waals surface area contributed by atoms with E-state index >= 15 is 0 Å². The normalized spacial score (nSPS) is 34.0. The van der Waals surface area contributed by atoms with Crippen LogP contribution in [0.25, 0.3) is 0 Å². The second kappa shape index (κ2) is 7.39. The van der Waals surface area contributed by atoms with Crippen molar-refractivity contribution in [2.75, 3.05) is 33.4 Å². The zero-order valence-electron chi connectivity index (χ0n) is 12.7. The minimum absolute atomic E-state index is 0.204. The summed E-state index contributed by atoms with van der Waals surface area (Å²) in [7, 11) is 1.76. The van der Waals surface area contributed by atoms with Crippen LogP contribution in [-0.4, -0.2) is 54.8 Å². The smallest absolute Gasteiger partial charge is 0.148 e. The van der Waals surface area contributed by atoms with Crippen molar-refractivity contribution in [3.8, 4) is 0 Å². The van der Waals surface area contributed by atoms with Crippen molar-refractivity contribution in [3.05, 3.63) is 12.7 Å². The third-order valence-electron chi connectivity index (χ3n) is 4.29. The van der Waals surface area contributed by atoms with E-state index < -0.39 is 5.60 Å². The zero-order valence-corrected chi connectivity index (χ0v) is 12.7. The molecule has 0 radical (unpaired) electrons. The van der Waals surface area contributed by atoms with Crippen molar-refractivity contribution in [2.24, 2.45) is 0 Å². The van der Waals surface area contributed by atoms with Crippen LogP contribution in [0.1, 0.15) is 39.5 Å². The van der Waals surface area contributed by atoms with Crippen molar-refractivity contribution in [1.29, 1.82) is 0 Å². The molecule has 1 saturated heterocycles. The Morgan fingerprint density at radius 2 is 1.95 bits per heavy atom. The quantitative estimate of drug-likeness (QED) is 0.619. The van der Waals surface area contributed by atoms with Crippen LogP contribution in [-0.2, 0) is 9.57 Å². The summed E-state index contributed by atoms with van der Waals surface area (Å²) in [5.74, 6) is 0. The number of allylic oxidation sites excluding steroid dienone is 1. The van der Waals surface area contributed by atoms with Gasteiger partial charge in [-0.05, 0) is 26.7 Å². The average Bonchev–Trinajstić information content (AvgIpc) is 2.40. The zero-order chi connectivity index (χ0) is 14.4. The van der Waals surface area contributed by atoms with Gasteiger partial charge >= 0.3 is 0 Å². The van der Waals surface area contributed by atoms with E-state index in [0.717, 1.165) is 45.6 Å². The SMILES string of the molecule is C=CC.CO[N+]1(C2CCCCC2(C)O)CCOCC1. The van der Waals surface area contributed by atoms with E-state index in [1.165, 1.54) is 6.42 Å². The molecule has 0 aromatic carbocycles. The number of ether oxygens (including phenoxy) is 1. The summed E-state index contributed by atoms with van der Waals surface area (Å²) >= 11 is 0. The van der Waals surface area contributed by atoms with E-state index in [1.807, 2.05) is 13.8 Å². The fourth-order valence-corrected chi connectivity index (χ4v) is 3.31. The molecule has 2 unspecified atom stereocenters. The molecular formula is C15H30NO3+. The predicted molar refractivity (Wildman–Crippen MR) is 76.6 cm³/mol. The van der Waals surface area contributed by atoms with E-state index in [-0.39, 0.29) is 6.04 Å². The highest BCUT2D eigenvalue weighted by molar-refractivity contribution is 4.87. The molecule has 1 saturated carbocycles. The largest absolute Gasteiger partial charge is 0.384 e. The van der Waals surface area contributed by atoms with Crippen LogP contribution in [0, 0.1) is 0 Å². The first-order chi connectivity index (χ1) is 9.02. The molecule has 19 heavy (non-hydrogen) atoms. The third kappa shape index (κ3) is 4.02. The fourth-order valence-electron chi connectivity index (χ4n) is 3.31. The van der Waals surface area contributed by atoms with Crippen molar-refractivity contribution >= 4 is 0 Å². The predicted octanol–water partition coefficient (Wildman–Crippen LogP) is 2.28. The molecule has 4 nitrogen and oxygen atoms in total. The molecule has 1 aliphatic carbocycles. The second-order valence-corrected chi connectivity index (χ2v) is 5.72. The first-order valence-corrected chi connectivity index (χ1v) is 7.32. The molecule has 1 aliphatic heterocycles. The highest BCUT2D eigenvalue weighted by atomic mass is 16.7. The lowest BCUT2D eigenvalue weighted by Gasteiger charge is -2.49. The Morgan fingerprint density at radius 1 is 1.37 bits per heavy atom. The molecule has 0 aromatic rings. The Morgan fingerprint density at radius 3 is 2.42 bits per heavy atom. The molecule has 0 aromatic heterocycles. The van der Waals surface area contributed by atoms with Gasteiger partial charge in [-0.2, -0.15) is 4.65 Å². The van der Waals surface area contributed by atoms with Crippen LogP contribution >= 0.6 is 0 Å². The lowest BCUT2D eigenvalue weighted by atomic mass is 9.80. The molecular weight excluding hydrogens is 242 g/mol. The lowest BCUT2D eigenvalue weighted by molar-refractivity contribution is -1.13. The molecule has 112 valence electrons. The van der Waals surface area contributed by atoms with Gasteiger partial charge in [0.2, 0.25) is 0 Å². The maximum Gasteiger partial charge on any atom is 0.148 e. The molecule has 4 heteroatoms. The van der Waals surface area contributed by atoms with Crippen LogP contribution in [0.15, 0.2) is 12.7 Å². The van der Waals surface area contributed by atoms with Crippen LogP contribution in [0.4, 0.5) is 0 Å². The molecule has 2 fully saturated rings. The summed E-state index contributed by atoms with van der Waals surface area (Å²) < 4.78 is 5.98. The Bertz CT molecular complexity index is 273. The lowest BCUT2D eigenvalue weighted by Crippen LogP contribution is -2.67. The maximum atomic E-state index is 10.5. The maximum absolute atomic E-state index is 10.5. The average molecular weight is 272 g/mol. The van der Waals surface area contributed by atoms with Gasteiger partial charge in [0.15, 0.2) is 0 Å². The van der Waals surface area contributed by atoms with Crippen LogP contribution < -0.4 is 0 Å². The summed E-state index contributed by atoms with van der Waals surface area (Å²) in [6.45, 7) is 10.4. The highest BCUT2D eigenvalue weighted by Crippen LogP contribution is 2.36. The number of hydrogen-bond acceptors (Lipinski definition) is 3. The van der Waals surface area contributed by atoms with Crippen LogP contribution in [0.2, 0.25) is 0 Å². The number of hydroxylamine groups is 3. The molecule has 2 aliphatic rings. The first kappa shape index (κ1) is 16.6. The topological polar surface area (TPSA) is 38.7 Å². The van der Waals surface area contributed by atoms with Gasteiger partial charge in [-0.25, -0.2) is 4.84 Å². The van der Waals surface area contributed by atoms with Crippen molar-refractivity contribution in [1.82, 2.24) is 0 Å². The standard InChI is InChI=1S/C12H24NO3.C3H6/c1-12(14)6-4-3-5-11(12)13(15-2)7-9-16-10-8-13;1-3-2/h11,14H,3-10H2,1-2H3;3H,1H2,2H3/q+1;. The summed E-state index contributed by atoms with van der Waals surface area (Å²) in [5.41, 5.74) is -0.592. The molecule has 0 amide bonds. The number of quaternary nitrogens is 1. The molecule has 0 bridgehead atoms. The number of nitrogens with zero attached hydrogens (tertiary/aromatic N) is 1. The van der Waals surface area contributed by atoms with Gasteiger partial charge in [0.1, 0.15) is 24.7 Å². The Balaban J connectivity index is 0.000000550. The number of aliphatic hydroxyl groups is 1. The van der Waals surface area contributed by atoms with E-state index in [0.29, 0.717) is 4.65 Å². The molecule has 2 rings (SSSR count). The summed E-state index contributed by atoms with van der Waals surface area (Å²) in [6.07, 6.45) is 6.03. The highest BCUT2D eigenvalue weighted by Gasteiger charge is 2.51. The van der Waals surface area contributed by atoms with Crippen molar-refractivity contribution < 1.29 is 19.3 Å². The first-order valence-electron chi connectivity index (χ1n) is 7.32. The van der Waals surface area contributed by atoms with Gasteiger partial charge in [-0.1, -0.05) is 12.5 Å². The monoisotopic (exact) mass is 272 g/mol. The molecule has 2 atom stereocenters. The van der Waals surface area contributed by atoms with E-state index in [4.69, 9.17) is 9.57 Å². The minimum atomic E-state index is -0.592. The second-order valence-electron chi connectivity index (χ2n) is 5.72. The molecule has 0 spiro atoms. The minimum Gasteiger partial charge on any atom is -0.384 e. The van der Waals surface area contributed by atoms with Crippen molar-refractivity contribution in [2.45, 2.75) is 51.2 Å². The van der Waals surface area contributed by atoms with Gasteiger partial charge in [-0.15, -0.1) is 6.58 Å². The Labute approximate surface area is 117 Å². The summed E-state index contributed by atoms with van der Waals surface area (Å²) in [5, 5.41) is 10.5. The third-order valence-corrected chi connectivity index (χ3v) is 4.29. The Hall–Kier alpha value is -0.420. The van der Waals surface area contributed by atoms with Gasteiger partial charge in [0.05, 0.1) is 20.3 Å². The number of hydrogen-bond donors (Lipinski definition) is 1. The summed E-state index contributed by atoms with van der Waals surface area (Å²) in [6, 6.07) is 0.204. The van der Waals surface area contributed by atoms with Crippen molar-refractivity contribution in [3.63, 3.8) is 0 Å². The van der Waals surface area contributed by atoms with E-state index in [1.54, 1.807) is 13.2 Å². The van der Waals surface area contributed by atoms with Gasteiger partial charge in [-0.3, -0.25) is 0 Å².